The van der Waals surface area contributed by atoms with E-state index in [1.54, 1.807) is 6.08 Å². The molecule has 6 nitrogen and oxygen atoms in total. The maximum Gasteiger partial charge on any atom is 0.236 e. The smallest absolute Gasteiger partial charge is 0.236 e. The molecule has 1 aromatic rings. The second-order valence-corrected chi connectivity index (χ2v) is 8.38. The highest BCUT2D eigenvalue weighted by Crippen LogP contribution is 2.11. The number of nitrogens with one attached hydrogen (secondary N) is 1. The van der Waals surface area contributed by atoms with Gasteiger partial charge in [0, 0.05) is 44.7 Å². The van der Waals surface area contributed by atoms with Gasteiger partial charge in [-0.15, -0.1) is 0 Å². The van der Waals surface area contributed by atoms with Crippen LogP contribution in [0.1, 0.15) is 5.56 Å². The van der Waals surface area contributed by atoms with Crippen LogP contribution < -0.4 is 5.32 Å². The summed E-state index contributed by atoms with van der Waals surface area (Å²) >= 11 is 5.39. The third kappa shape index (κ3) is 6.39. The summed E-state index contributed by atoms with van der Waals surface area (Å²) in [6.45, 7) is 3.77. The third-order valence-corrected chi connectivity index (χ3v) is 5.92. The maximum absolute atomic E-state index is 12.4. The van der Waals surface area contributed by atoms with Crippen molar-refractivity contribution >= 4 is 33.4 Å². The summed E-state index contributed by atoms with van der Waals surface area (Å²) in [4.78, 5) is 4.11. The molecule has 1 aliphatic heterocycles. The quantitative estimate of drug-likeness (QED) is 0.742. The monoisotopic (exact) mass is 382 g/mol. The SMILES string of the molecule is CN(C)CCNC(=S)N1CCN(S(=O)(=O)/C=C/c2ccccc2)CC1. The Morgan fingerprint density at radius 2 is 1.84 bits per heavy atom. The van der Waals surface area contributed by atoms with Crippen LogP contribution in [0.15, 0.2) is 35.7 Å². The van der Waals surface area contributed by atoms with Crippen molar-refractivity contribution in [2.45, 2.75) is 0 Å². The maximum atomic E-state index is 12.4. The molecule has 0 saturated carbocycles. The average Bonchev–Trinajstić information content (AvgIpc) is 2.61. The minimum Gasteiger partial charge on any atom is -0.361 e. The first-order valence-electron chi connectivity index (χ1n) is 8.29. The molecule has 0 aromatic heterocycles. The molecule has 1 N–H and O–H groups in total. The van der Waals surface area contributed by atoms with Gasteiger partial charge in [0.25, 0.3) is 0 Å². The van der Waals surface area contributed by atoms with Crippen LogP contribution in [-0.2, 0) is 10.0 Å². The molecule has 1 aromatic carbocycles. The minimum absolute atomic E-state index is 0.441. The molecule has 0 aliphatic carbocycles. The first-order chi connectivity index (χ1) is 11.9. The Kier molecular flexibility index (Phi) is 7.37. The molecule has 1 aliphatic rings. The van der Waals surface area contributed by atoms with Gasteiger partial charge in [-0.3, -0.25) is 0 Å². The van der Waals surface area contributed by atoms with Crippen molar-refractivity contribution in [3.63, 3.8) is 0 Å². The molecule has 0 unspecified atom stereocenters. The predicted molar refractivity (Wildman–Crippen MR) is 107 cm³/mol. The van der Waals surface area contributed by atoms with Gasteiger partial charge < -0.3 is 15.1 Å². The molecule has 138 valence electrons. The van der Waals surface area contributed by atoms with E-state index in [2.05, 4.69) is 10.2 Å². The molecular weight excluding hydrogens is 356 g/mol. The van der Waals surface area contributed by atoms with E-state index >= 15 is 0 Å². The van der Waals surface area contributed by atoms with Gasteiger partial charge in [0.15, 0.2) is 5.11 Å². The van der Waals surface area contributed by atoms with Crippen LogP contribution in [0.5, 0.6) is 0 Å². The highest BCUT2D eigenvalue weighted by molar-refractivity contribution is 7.92. The topological polar surface area (TPSA) is 55.9 Å². The van der Waals surface area contributed by atoms with Crippen LogP contribution in [-0.4, -0.2) is 81.0 Å². The number of benzene rings is 1. The van der Waals surface area contributed by atoms with Gasteiger partial charge in [0.05, 0.1) is 0 Å². The van der Waals surface area contributed by atoms with Crippen LogP contribution in [0.2, 0.25) is 0 Å². The number of hydrogen-bond acceptors (Lipinski definition) is 4. The minimum atomic E-state index is -3.40. The fourth-order valence-corrected chi connectivity index (χ4v) is 3.92. The van der Waals surface area contributed by atoms with Crippen molar-refractivity contribution in [2.24, 2.45) is 0 Å². The fourth-order valence-electron chi connectivity index (χ4n) is 2.46. The summed E-state index contributed by atoms with van der Waals surface area (Å²) in [5.41, 5.74) is 0.871. The second-order valence-electron chi connectivity index (χ2n) is 6.18. The van der Waals surface area contributed by atoms with E-state index in [1.807, 2.05) is 49.3 Å². The lowest BCUT2D eigenvalue weighted by molar-refractivity contribution is 0.265. The normalized spacial score (nSPS) is 16.5. The van der Waals surface area contributed by atoms with E-state index in [-0.39, 0.29) is 0 Å². The summed E-state index contributed by atoms with van der Waals surface area (Å²) in [7, 11) is 0.619. The number of likely N-dealkylation sites (N-methyl/N-ethyl adjacent to an activating group) is 1. The van der Waals surface area contributed by atoms with Crippen molar-refractivity contribution < 1.29 is 8.42 Å². The molecule has 0 bridgehead atoms. The first-order valence-corrected chi connectivity index (χ1v) is 10.2. The molecule has 0 amide bonds. The summed E-state index contributed by atoms with van der Waals surface area (Å²) in [5, 5.41) is 5.19. The standard InChI is InChI=1S/C17H26N4O2S2/c1-19(2)10-9-18-17(24)20-11-13-21(14-12-20)25(22,23)15-8-16-6-4-3-5-7-16/h3-8,15H,9-14H2,1-2H3,(H,18,24)/b15-8+. The largest absolute Gasteiger partial charge is 0.361 e. The van der Waals surface area contributed by atoms with Crippen LogP contribution >= 0.6 is 12.2 Å². The molecule has 2 rings (SSSR count). The number of nitrogens with zero attached hydrogens (tertiary/aromatic N) is 3. The van der Waals surface area contributed by atoms with Gasteiger partial charge in [-0.05, 0) is 38.0 Å². The molecule has 0 spiro atoms. The van der Waals surface area contributed by atoms with Gasteiger partial charge in [-0.25, -0.2) is 8.42 Å². The van der Waals surface area contributed by atoms with Crippen molar-refractivity contribution in [2.75, 3.05) is 53.4 Å². The van der Waals surface area contributed by atoms with E-state index < -0.39 is 10.0 Å². The Morgan fingerprint density at radius 3 is 2.44 bits per heavy atom. The molecule has 1 fully saturated rings. The van der Waals surface area contributed by atoms with E-state index in [0.29, 0.717) is 31.3 Å². The average molecular weight is 383 g/mol. The summed E-state index contributed by atoms with van der Waals surface area (Å²) in [6.07, 6.45) is 1.63. The summed E-state index contributed by atoms with van der Waals surface area (Å²) in [5.74, 6) is 0. The van der Waals surface area contributed by atoms with Crippen molar-refractivity contribution in [3.05, 3.63) is 41.3 Å². The van der Waals surface area contributed by atoms with Gasteiger partial charge in [0.2, 0.25) is 10.0 Å². The van der Waals surface area contributed by atoms with Crippen molar-refractivity contribution in [1.82, 2.24) is 19.4 Å². The number of sulfonamides is 1. The summed E-state index contributed by atoms with van der Waals surface area (Å²) < 4.78 is 26.4. The molecule has 1 heterocycles. The van der Waals surface area contributed by atoms with Gasteiger partial charge >= 0.3 is 0 Å². The Balaban J connectivity index is 1.84. The Hall–Kier alpha value is -1.48. The third-order valence-electron chi connectivity index (χ3n) is 3.95. The first kappa shape index (κ1) is 19.8. The Labute approximate surface area is 156 Å². The zero-order valence-electron chi connectivity index (χ0n) is 14.8. The molecule has 8 heteroatoms. The number of hydrogen-bond donors (Lipinski definition) is 1. The number of rotatable bonds is 6. The predicted octanol–water partition coefficient (Wildman–Crippen LogP) is 1.04. The molecular formula is C17H26N4O2S2. The van der Waals surface area contributed by atoms with Crippen molar-refractivity contribution in [1.29, 1.82) is 0 Å². The highest BCUT2D eigenvalue weighted by atomic mass is 32.2. The molecule has 1 saturated heterocycles. The molecule has 0 atom stereocenters. The van der Waals surface area contributed by atoms with Crippen LogP contribution in [0.4, 0.5) is 0 Å². The van der Waals surface area contributed by atoms with E-state index in [0.717, 1.165) is 18.7 Å². The zero-order chi connectivity index (χ0) is 18.3. The highest BCUT2D eigenvalue weighted by Gasteiger charge is 2.25. The Bertz CT molecular complexity index is 682. The number of piperazine rings is 1. The van der Waals surface area contributed by atoms with Gasteiger partial charge in [0.1, 0.15) is 0 Å². The van der Waals surface area contributed by atoms with Gasteiger partial charge in [-0.2, -0.15) is 4.31 Å². The van der Waals surface area contributed by atoms with Crippen LogP contribution in [0.25, 0.3) is 6.08 Å². The lowest BCUT2D eigenvalue weighted by atomic mass is 10.2. The second kappa shape index (κ2) is 9.28. The zero-order valence-corrected chi connectivity index (χ0v) is 16.4. The fraction of sp³-hybridized carbons (Fsp3) is 0.471. The van der Waals surface area contributed by atoms with E-state index in [4.69, 9.17) is 12.2 Å². The lowest BCUT2D eigenvalue weighted by Crippen LogP contribution is -2.53. The Morgan fingerprint density at radius 1 is 1.20 bits per heavy atom. The summed E-state index contributed by atoms with van der Waals surface area (Å²) in [6, 6.07) is 9.43. The number of thiocarbonyl (C=S) groups is 1. The van der Waals surface area contributed by atoms with Crippen LogP contribution in [0, 0.1) is 0 Å². The molecule has 0 radical (unpaired) electrons. The van der Waals surface area contributed by atoms with Gasteiger partial charge in [-0.1, -0.05) is 30.3 Å². The van der Waals surface area contributed by atoms with Crippen molar-refractivity contribution in [3.8, 4) is 0 Å². The molecule has 25 heavy (non-hydrogen) atoms. The van der Waals surface area contributed by atoms with E-state index in [1.165, 1.54) is 9.71 Å². The van der Waals surface area contributed by atoms with E-state index in [9.17, 15) is 8.42 Å². The lowest BCUT2D eigenvalue weighted by Gasteiger charge is -2.35. The van der Waals surface area contributed by atoms with Crippen LogP contribution in [0.3, 0.4) is 0 Å².